The minimum absolute atomic E-state index is 0.163. The van der Waals surface area contributed by atoms with Crippen LogP contribution in [0.15, 0.2) is 18.2 Å². The van der Waals surface area contributed by atoms with Crippen molar-refractivity contribution in [2.75, 3.05) is 6.54 Å². The largest absolute Gasteiger partial charge is 0.444 e. The Morgan fingerprint density at radius 2 is 1.74 bits per heavy atom. The third-order valence-electron chi connectivity index (χ3n) is 5.61. The predicted molar refractivity (Wildman–Crippen MR) is 132 cm³/mol. The van der Waals surface area contributed by atoms with Crippen molar-refractivity contribution >= 4 is 17.9 Å². The van der Waals surface area contributed by atoms with Crippen LogP contribution in [0.2, 0.25) is 0 Å². The number of amides is 3. The van der Waals surface area contributed by atoms with Gasteiger partial charge in [-0.15, -0.1) is 0 Å². The quantitative estimate of drug-likeness (QED) is 0.524. The first-order chi connectivity index (χ1) is 15.7. The van der Waals surface area contributed by atoms with E-state index < -0.39 is 29.7 Å². The molecule has 0 spiro atoms. The maximum absolute atomic E-state index is 13.9. The van der Waals surface area contributed by atoms with Gasteiger partial charge in [-0.2, -0.15) is 5.26 Å². The molecule has 8 nitrogen and oxygen atoms in total. The fourth-order valence-electron chi connectivity index (χ4n) is 3.55. The molecule has 34 heavy (non-hydrogen) atoms. The second kappa shape index (κ2) is 12.4. The van der Waals surface area contributed by atoms with Gasteiger partial charge in [0, 0.05) is 6.04 Å². The van der Waals surface area contributed by atoms with E-state index in [1.54, 1.807) is 26.8 Å². The number of nitrogens with one attached hydrogen (secondary N) is 2. The fourth-order valence-corrected chi connectivity index (χ4v) is 3.55. The summed E-state index contributed by atoms with van der Waals surface area (Å²) in [5.41, 5.74) is 1.73. The van der Waals surface area contributed by atoms with Gasteiger partial charge in [0.1, 0.15) is 24.2 Å². The van der Waals surface area contributed by atoms with Crippen LogP contribution in [-0.4, -0.2) is 47.0 Å². The number of rotatable bonds is 9. The molecule has 1 rings (SSSR count). The zero-order chi connectivity index (χ0) is 26.2. The van der Waals surface area contributed by atoms with E-state index in [0.29, 0.717) is 12.0 Å². The third kappa shape index (κ3) is 8.05. The highest BCUT2D eigenvalue weighted by Gasteiger charge is 2.38. The van der Waals surface area contributed by atoms with Crippen LogP contribution in [0.3, 0.4) is 0 Å². The average Bonchev–Trinajstić information content (AvgIpc) is 2.71. The molecule has 1 aromatic carbocycles. The Labute approximate surface area is 204 Å². The van der Waals surface area contributed by atoms with E-state index in [1.165, 1.54) is 4.90 Å². The van der Waals surface area contributed by atoms with Gasteiger partial charge in [0.15, 0.2) is 0 Å². The highest BCUT2D eigenvalue weighted by Crippen LogP contribution is 2.28. The van der Waals surface area contributed by atoms with Crippen molar-refractivity contribution in [3.63, 3.8) is 0 Å². The van der Waals surface area contributed by atoms with Crippen molar-refractivity contribution in [2.24, 2.45) is 5.92 Å². The molecule has 0 aliphatic heterocycles. The van der Waals surface area contributed by atoms with E-state index in [2.05, 4.69) is 10.6 Å². The summed E-state index contributed by atoms with van der Waals surface area (Å²) >= 11 is 0. The summed E-state index contributed by atoms with van der Waals surface area (Å²) < 4.78 is 5.37. The monoisotopic (exact) mass is 472 g/mol. The van der Waals surface area contributed by atoms with Crippen molar-refractivity contribution in [3.8, 4) is 6.07 Å². The topological polar surface area (TPSA) is 112 Å². The number of benzene rings is 1. The van der Waals surface area contributed by atoms with Crippen molar-refractivity contribution in [3.05, 3.63) is 34.9 Å². The maximum Gasteiger partial charge on any atom is 0.408 e. The molecule has 3 unspecified atom stereocenters. The van der Waals surface area contributed by atoms with Gasteiger partial charge in [0.05, 0.1) is 6.07 Å². The maximum atomic E-state index is 13.9. The molecule has 0 bridgehead atoms. The van der Waals surface area contributed by atoms with E-state index in [-0.39, 0.29) is 24.4 Å². The van der Waals surface area contributed by atoms with Crippen LogP contribution in [0, 0.1) is 31.1 Å². The molecule has 188 valence electrons. The molecule has 2 N–H and O–H groups in total. The standard InChI is InChI=1S/C26H40N4O4/c1-10-17(4)21(29-25(33)34-26(7,8)9)24(32)30(15-14-27)22(23(31)28-16(2)3)20-13-11-12-18(5)19(20)6/h11-13,16-17,21-22H,10,15H2,1-9H3,(H,28,31)(H,29,33). The highest BCUT2D eigenvalue weighted by atomic mass is 16.6. The molecule has 1 aromatic rings. The minimum Gasteiger partial charge on any atom is -0.444 e. The number of carbonyl (C=O) groups excluding carboxylic acids is 3. The van der Waals surface area contributed by atoms with E-state index in [4.69, 9.17) is 4.74 Å². The lowest BCUT2D eigenvalue weighted by molar-refractivity contribution is -0.143. The molecule has 0 aliphatic carbocycles. The van der Waals surface area contributed by atoms with Crippen LogP contribution < -0.4 is 10.6 Å². The lowest BCUT2D eigenvalue weighted by Gasteiger charge is -2.35. The van der Waals surface area contributed by atoms with Crippen LogP contribution in [0.5, 0.6) is 0 Å². The van der Waals surface area contributed by atoms with Crippen LogP contribution in [0.4, 0.5) is 4.79 Å². The minimum atomic E-state index is -1.03. The molecule has 0 aliphatic rings. The lowest BCUT2D eigenvalue weighted by Crippen LogP contribution is -2.55. The number of alkyl carbamates (subject to hydrolysis) is 1. The zero-order valence-electron chi connectivity index (χ0n) is 22.0. The van der Waals surface area contributed by atoms with E-state index in [0.717, 1.165) is 11.1 Å². The number of hydrogen-bond acceptors (Lipinski definition) is 5. The number of carbonyl (C=O) groups is 3. The SMILES string of the molecule is CCC(C)C(NC(=O)OC(C)(C)C)C(=O)N(CC#N)C(C(=O)NC(C)C)c1cccc(C)c1C. The summed E-state index contributed by atoms with van der Waals surface area (Å²) in [6, 6.07) is 5.42. The highest BCUT2D eigenvalue weighted by molar-refractivity contribution is 5.92. The molecule has 0 saturated heterocycles. The summed E-state index contributed by atoms with van der Waals surface area (Å²) in [5, 5.41) is 15.2. The van der Waals surface area contributed by atoms with Gasteiger partial charge in [-0.3, -0.25) is 9.59 Å². The first kappa shape index (κ1) is 29.0. The van der Waals surface area contributed by atoms with E-state index in [9.17, 15) is 19.6 Å². The van der Waals surface area contributed by atoms with E-state index in [1.807, 2.05) is 59.7 Å². The normalized spacial score (nSPS) is 13.9. The molecule has 0 saturated carbocycles. The number of aryl methyl sites for hydroxylation is 1. The summed E-state index contributed by atoms with van der Waals surface area (Å²) in [7, 11) is 0. The number of ether oxygens (including phenoxy) is 1. The molecule has 0 radical (unpaired) electrons. The third-order valence-corrected chi connectivity index (χ3v) is 5.61. The van der Waals surface area contributed by atoms with Crippen LogP contribution in [-0.2, 0) is 14.3 Å². The number of nitrogens with zero attached hydrogens (tertiary/aromatic N) is 2. The molecule has 0 heterocycles. The molecule has 0 fully saturated rings. The van der Waals surface area contributed by atoms with Gasteiger partial charge in [-0.1, -0.05) is 38.5 Å². The first-order valence-corrected chi connectivity index (χ1v) is 11.8. The second-order valence-corrected chi connectivity index (χ2v) is 9.99. The summed E-state index contributed by atoms with van der Waals surface area (Å²) in [5.74, 6) is -1.15. The predicted octanol–water partition coefficient (Wildman–Crippen LogP) is 4.16. The van der Waals surface area contributed by atoms with Crippen molar-refractivity contribution < 1.29 is 19.1 Å². The Bertz CT molecular complexity index is 914. The van der Waals surface area contributed by atoms with Crippen LogP contribution >= 0.6 is 0 Å². The molecule has 0 aromatic heterocycles. The number of hydrogen-bond donors (Lipinski definition) is 2. The summed E-state index contributed by atoms with van der Waals surface area (Å²) in [6.45, 7) is 16.1. The van der Waals surface area contributed by atoms with Crippen molar-refractivity contribution in [1.29, 1.82) is 5.26 Å². The van der Waals surface area contributed by atoms with Gasteiger partial charge < -0.3 is 20.3 Å². The Morgan fingerprint density at radius 3 is 2.24 bits per heavy atom. The summed E-state index contributed by atoms with van der Waals surface area (Å²) in [4.78, 5) is 41.0. The van der Waals surface area contributed by atoms with Crippen LogP contribution in [0.25, 0.3) is 0 Å². The van der Waals surface area contributed by atoms with Gasteiger partial charge in [-0.25, -0.2) is 4.79 Å². The Kier molecular flexibility index (Phi) is 10.6. The van der Waals surface area contributed by atoms with Gasteiger partial charge in [-0.05, 0) is 71.1 Å². The second-order valence-electron chi connectivity index (χ2n) is 9.99. The van der Waals surface area contributed by atoms with Crippen molar-refractivity contribution in [2.45, 2.75) is 92.5 Å². The van der Waals surface area contributed by atoms with Crippen molar-refractivity contribution in [1.82, 2.24) is 15.5 Å². The van der Waals surface area contributed by atoms with E-state index >= 15 is 0 Å². The Balaban J connectivity index is 3.55. The molecule has 3 amide bonds. The molecular formula is C26H40N4O4. The fraction of sp³-hybridized carbons (Fsp3) is 0.615. The molecule has 3 atom stereocenters. The van der Waals surface area contributed by atoms with Gasteiger partial charge in [0.2, 0.25) is 11.8 Å². The Morgan fingerprint density at radius 1 is 1.12 bits per heavy atom. The average molecular weight is 473 g/mol. The zero-order valence-corrected chi connectivity index (χ0v) is 22.0. The van der Waals surface area contributed by atoms with Gasteiger partial charge in [0.25, 0.3) is 0 Å². The number of nitriles is 1. The van der Waals surface area contributed by atoms with Gasteiger partial charge >= 0.3 is 6.09 Å². The Hall–Kier alpha value is -3.08. The smallest absolute Gasteiger partial charge is 0.408 e. The lowest BCUT2D eigenvalue weighted by atomic mass is 9.93. The molecule has 8 heteroatoms. The first-order valence-electron chi connectivity index (χ1n) is 11.8. The van der Waals surface area contributed by atoms with Crippen LogP contribution in [0.1, 0.15) is 77.6 Å². The summed E-state index contributed by atoms with van der Waals surface area (Å²) in [6.07, 6.45) is -0.128. The molecular weight excluding hydrogens is 432 g/mol.